The Kier molecular flexibility index (Phi) is 7.95. The van der Waals surface area contributed by atoms with Gasteiger partial charge in [0.05, 0.1) is 12.3 Å². The van der Waals surface area contributed by atoms with E-state index in [4.69, 9.17) is 4.74 Å². The Labute approximate surface area is 209 Å². The van der Waals surface area contributed by atoms with Gasteiger partial charge in [-0.3, -0.25) is 15.0 Å². The van der Waals surface area contributed by atoms with Crippen LogP contribution in [0.1, 0.15) is 29.4 Å². The number of rotatable bonds is 8. The molecular formula is C26H31F2N5O3. The number of allylic oxidation sites excluding steroid dienone is 4. The molecule has 10 heteroatoms. The third-order valence-corrected chi connectivity index (χ3v) is 6.76. The number of nitrogens with zero attached hydrogens (tertiary/aromatic N) is 3. The zero-order chi connectivity index (χ0) is 25.8. The molecule has 36 heavy (non-hydrogen) atoms. The fourth-order valence-corrected chi connectivity index (χ4v) is 4.92. The van der Waals surface area contributed by atoms with Gasteiger partial charge in [-0.15, -0.1) is 0 Å². The lowest BCUT2D eigenvalue weighted by Crippen LogP contribution is -2.45. The van der Waals surface area contributed by atoms with Crippen molar-refractivity contribution in [3.8, 4) is 5.69 Å². The molecule has 1 aliphatic carbocycles. The van der Waals surface area contributed by atoms with Gasteiger partial charge in [-0.1, -0.05) is 18.2 Å². The molecule has 1 aromatic heterocycles. The van der Waals surface area contributed by atoms with E-state index < -0.39 is 17.7 Å². The minimum Gasteiger partial charge on any atom is -0.383 e. The number of anilines is 1. The number of urea groups is 1. The first-order chi connectivity index (χ1) is 17.3. The minimum absolute atomic E-state index is 0.115. The highest BCUT2D eigenvalue weighted by Crippen LogP contribution is 2.34. The maximum absolute atomic E-state index is 14.0. The lowest BCUT2D eigenvalue weighted by molar-refractivity contribution is 0.101. The maximum atomic E-state index is 14.0. The lowest BCUT2D eigenvalue weighted by atomic mass is 9.83. The van der Waals surface area contributed by atoms with Crippen molar-refractivity contribution < 1.29 is 23.1 Å². The van der Waals surface area contributed by atoms with Crippen molar-refractivity contribution in [2.75, 3.05) is 38.7 Å². The number of ketones is 1. The van der Waals surface area contributed by atoms with Gasteiger partial charge in [-0.05, 0) is 49.5 Å². The van der Waals surface area contributed by atoms with Crippen molar-refractivity contribution in [2.24, 2.45) is 11.8 Å². The first kappa shape index (κ1) is 25.7. The molecule has 8 nitrogen and oxygen atoms in total. The predicted molar refractivity (Wildman–Crippen MR) is 133 cm³/mol. The van der Waals surface area contributed by atoms with Gasteiger partial charge in [0.1, 0.15) is 11.5 Å². The van der Waals surface area contributed by atoms with E-state index in [1.54, 1.807) is 14.0 Å². The van der Waals surface area contributed by atoms with Gasteiger partial charge in [0, 0.05) is 45.3 Å². The number of Topliss-reactive ketones (excluding diaryl/α,β-unsaturated/α-hetero) is 1. The molecule has 192 valence electrons. The summed E-state index contributed by atoms with van der Waals surface area (Å²) >= 11 is 0. The predicted octanol–water partition coefficient (Wildman–Crippen LogP) is 4.18. The molecule has 2 heterocycles. The van der Waals surface area contributed by atoms with E-state index in [1.807, 2.05) is 30.3 Å². The average Bonchev–Trinajstić information content (AvgIpc) is 3.41. The molecule has 2 amide bonds. The fourth-order valence-electron chi connectivity index (χ4n) is 4.92. The number of ether oxygens (including phenoxy) is 1. The molecule has 3 unspecified atom stereocenters. The second-order valence-electron chi connectivity index (χ2n) is 9.21. The molecular weight excluding hydrogens is 468 g/mol. The number of benzene rings is 1. The maximum Gasteiger partial charge on any atom is 0.320 e. The topological polar surface area (TPSA) is 88.5 Å². The Morgan fingerprint density at radius 1 is 1.17 bits per heavy atom. The molecule has 1 saturated heterocycles. The second kappa shape index (κ2) is 11.1. The summed E-state index contributed by atoms with van der Waals surface area (Å²) in [4.78, 5) is 27.5. The summed E-state index contributed by atoms with van der Waals surface area (Å²) in [5, 5.41) is 10.3. The summed E-state index contributed by atoms with van der Waals surface area (Å²) in [5.74, 6) is -1.87. The summed E-state index contributed by atoms with van der Waals surface area (Å²) < 4.78 is 34.3. The summed E-state index contributed by atoms with van der Waals surface area (Å²) in [6.45, 7) is 5.53. The third-order valence-electron chi connectivity index (χ3n) is 6.76. The van der Waals surface area contributed by atoms with Crippen molar-refractivity contribution in [1.29, 1.82) is 0 Å². The van der Waals surface area contributed by atoms with E-state index in [1.165, 1.54) is 23.8 Å². The summed E-state index contributed by atoms with van der Waals surface area (Å²) in [6.07, 6.45) is 2.95. The van der Waals surface area contributed by atoms with Crippen molar-refractivity contribution in [1.82, 2.24) is 20.0 Å². The van der Waals surface area contributed by atoms with Crippen molar-refractivity contribution in [2.45, 2.75) is 26.3 Å². The second-order valence-corrected chi connectivity index (χ2v) is 9.21. The van der Waals surface area contributed by atoms with Crippen LogP contribution in [0.15, 0.2) is 54.1 Å². The number of likely N-dealkylation sites (tertiary alicyclic amines) is 1. The zero-order valence-electron chi connectivity index (χ0n) is 20.6. The number of hydrogen-bond acceptors (Lipinski definition) is 5. The van der Waals surface area contributed by atoms with Crippen LogP contribution >= 0.6 is 0 Å². The van der Waals surface area contributed by atoms with E-state index >= 15 is 0 Å². The van der Waals surface area contributed by atoms with E-state index in [2.05, 4.69) is 20.6 Å². The molecule has 0 saturated carbocycles. The quantitative estimate of drug-likeness (QED) is 0.532. The number of halogens is 2. The first-order valence-corrected chi connectivity index (χ1v) is 12.0. The highest BCUT2D eigenvalue weighted by Gasteiger charge is 2.39. The van der Waals surface area contributed by atoms with Crippen LogP contribution in [0.4, 0.5) is 19.4 Å². The van der Waals surface area contributed by atoms with Crippen molar-refractivity contribution in [3.05, 3.63) is 65.4 Å². The van der Waals surface area contributed by atoms with Crippen LogP contribution in [0.3, 0.4) is 0 Å². The molecule has 0 radical (unpaired) electrons. The summed E-state index contributed by atoms with van der Waals surface area (Å²) in [5.41, 5.74) is 1.53. The first-order valence-electron chi connectivity index (χ1n) is 12.0. The van der Waals surface area contributed by atoms with Crippen molar-refractivity contribution >= 4 is 17.6 Å². The number of methoxy groups -OCH3 is 1. The van der Waals surface area contributed by atoms with Crippen LogP contribution in [0.25, 0.3) is 5.69 Å². The van der Waals surface area contributed by atoms with Gasteiger partial charge in [0.25, 0.3) is 0 Å². The molecule has 1 fully saturated rings. The molecule has 2 aromatic rings. The van der Waals surface area contributed by atoms with Gasteiger partial charge >= 0.3 is 6.03 Å². The molecule has 1 aliphatic heterocycles. The number of hydrogen-bond donors (Lipinski definition) is 2. The van der Waals surface area contributed by atoms with Gasteiger partial charge in [0.2, 0.25) is 0 Å². The van der Waals surface area contributed by atoms with E-state index in [9.17, 15) is 18.4 Å². The SMILES string of the molecule is COCCN1CC(NC(=O)Nc2c(C)c(C(C)=O)nn2-c2ccccc2)C(C2C=C(F)C(F)=CC2)C1. The standard InChI is InChI=1S/C26H31F2N5O3/c1-16-24(17(2)34)31-33(19-7-5-4-6-8-19)25(16)30-26(35)29-23-15-32(11-12-36-3)14-20(23)18-9-10-21(27)22(28)13-18/h4-8,10,13,18,20,23H,9,11-12,14-15H2,1-3H3,(H2,29,30,35). The number of amides is 2. The highest BCUT2D eigenvalue weighted by atomic mass is 19.2. The molecule has 0 bridgehead atoms. The largest absolute Gasteiger partial charge is 0.383 e. The monoisotopic (exact) mass is 499 g/mol. The Morgan fingerprint density at radius 2 is 1.92 bits per heavy atom. The van der Waals surface area contributed by atoms with E-state index in [0.717, 1.165) is 0 Å². The Morgan fingerprint density at radius 3 is 2.58 bits per heavy atom. The van der Waals surface area contributed by atoms with Gasteiger partial charge in [-0.25, -0.2) is 18.3 Å². The third kappa shape index (κ3) is 5.55. The van der Waals surface area contributed by atoms with E-state index in [0.29, 0.717) is 49.7 Å². The van der Waals surface area contributed by atoms with Crippen molar-refractivity contribution in [3.63, 3.8) is 0 Å². The van der Waals surface area contributed by atoms with Crippen LogP contribution in [0, 0.1) is 18.8 Å². The Bertz CT molecular complexity index is 1180. The highest BCUT2D eigenvalue weighted by molar-refractivity contribution is 5.97. The molecule has 2 aliphatic rings. The van der Waals surface area contributed by atoms with Crippen LogP contribution in [-0.2, 0) is 4.74 Å². The molecule has 2 N–H and O–H groups in total. The normalized spacial score (nSPS) is 22.2. The summed E-state index contributed by atoms with van der Waals surface area (Å²) in [6, 6.07) is 8.45. The lowest BCUT2D eigenvalue weighted by Gasteiger charge is -2.27. The molecule has 0 spiro atoms. The van der Waals surface area contributed by atoms with Crippen LogP contribution < -0.4 is 10.6 Å². The molecule has 1 aromatic carbocycles. The van der Waals surface area contributed by atoms with Crippen LogP contribution in [0.2, 0.25) is 0 Å². The zero-order valence-corrected chi connectivity index (χ0v) is 20.6. The smallest absolute Gasteiger partial charge is 0.320 e. The molecule has 4 rings (SSSR count). The number of aromatic nitrogens is 2. The minimum atomic E-state index is -0.857. The summed E-state index contributed by atoms with van der Waals surface area (Å²) in [7, 11) is 1.62. The van der Waals surface area contributed by atoms with Gasteiger partial charge in [-0.2, -0.15) is 5.10 Å². The van der Waals surface area contributed by atoms with E-state index in [-0.39, 0.29) is 29.4 Å². The molecule has 3 atom stereocenters. The number of para-hydroxylation sites is 1. The number of carbonyl (C=O) groups excluding carboxylic acids is 2. The number of nitrogens with one attached hydrogen (secondary N) is 2. The van der Waals surface area contributed by atoms with Crippen LogP contribution in [-0.4, -0.2) is 65.9 Å². The van der Waals surface area contributed by atoms with Gasteiger partial charge in [0.15, 0.2) is 17.4 Å². The van der Waals surface area contributed by atoms with Crippen LogP contribution in [0.5, 0.6) is 0 Å². The Balaban J connectivity index is 1.55. The number of carbonyl (C=O) groups is 2. The Hall–Kier alpha value is -3.37. The fraction of sp³-hybridized carbons (Fsp3) is 0.423. The van der Waals surface area contributed by atoms with Gasteiger partial charge < -0.3 is 10.1 Å². The average molecular weight is 500 g/mol.